The molecule has 0 atom stereocenters. The maximum atomic E-state index is 13.6. The van der Waals surface area contributed by atoms with Crippen LogP contribution in [-0.4, -0.2) is 56.9 Å². The molecule has 3 aromatic rings. The van der Waals surface area contributed by atoms with Crippen LogP contribution in [0, 0.1) is 25.8 Å². The molecular weight excluding hydrogens is 476 g/mol. The lowest BCUT2D eigenvalue weighted by molar-refractivity contribution is -0.119. The highest BCUT2D eigenvalue weighted by Gasteiger charge is 2.26. The smallest absolute Gasteiger partial charge is 0.187 e. The summed E-state index contributed by atoms with van der Waals surface area (Å²) in [7, 11) is 0. The third kappa shape index (κ3) is 6.37. The molecule has 1 aromatic carbocycles. The number of hydrogen-bond donors (Lipinski definition) is 1. The minimum atomic E-state index is -0.293. The molecule has 0 unspecified atom stereocenters. The van der Waals surface area contributed by atoms with Crippen LogP contribution in [0.4, 0.5) is 5.69 Å². The Kier molecular flexibility index (Phi) is 9.07. The SMILES string of the molecule is [C-]#[N+]c1ccc(-n2c(C)c(C(=O)CN3CCC(O)CC3)c3ncc(CCC(=O)CCCCC#C)cc32)cc1. The first-order chi connectivity index (χ1) is 18.4. The number of terminal acetylenes is 1. The topological polar surface area (TPSA) is 79.8 Å². The number of fused-ring (bicyclic) bond motifs is 1. The van der Waals surface area contributed by atoms with Crippen molar-refractivity contribution < 1.29 is 14.7 Å². The van der Waals surface area contributed by atoms with Crippen molar-refractivity contribution in [2.45, 2.75) is 64.4 Å². The highest BCUT2D eigenvalue weighted by atomic mass is 16.3. The molecule has 1 aliphatic rings. The van der Waals surface area contributed by atoms with Gasteiger partial charge < -0.3 is 9.67 Å². The average Bonchev–Trinajstić information content (AvgIpc) is 3.22. The predicted octanol–water partition coefficient (Wildman–Crippen LogP) is 5.22. The van der Waals surface area contributed by atoms with E-state index in [0.29, 0.717) is 68.4 Å². The van der Waals surface area contributed by atoms with E-state index in [2.05, 4.69) is 15.7 Å². The van der Waals surface area contributed by atoms with Crippen LogP contribution in [0.2, 0.25) is 0 Å². The molecule has 0 spiro atoms. The maximum absolute atomic E-state index is 13.6. The lowest BCUT2D eigenvalue weighted by Crippen LogP contribution is -2.39. The predicted molar refractivity (Wildman–Crippen MR) is 149 cm³/mol. The van der Waals surface area contributed by atoms with Gasteiger partial charge in [0.05, 0.1) is 35.8 Å². The third-order valence-electron chi connectivity index (χ3n) is 7.26. The number of aliphatic hydroxyl groups is 1. The number of carbonyl (C=O) groups excluding carboxylic acids is 2. The van der Waals surface area contributed by atoms with Gasteiger partial charge in [-0.25, -0.2) is 4.85 Å². The van der Waals surface area contributed by atoms with Crippen molar-refractivity contribution in [2.24, 2.45) is 0 Å². The van der Waals surface area contributed by atoms with Crippen molar-refractivity contribution in [3.8, 4) is 18.0 Å². The summed E-state index contributed by atoms with van der Waals surface area (Å²) in [6.07, 6.45) is 12.0. The number of pyridine rings is 1. The molecule has 7 nitrogen and oxygen atoms in total. The molecule has 0 radical (unpaired) electrons. The van der Waals surface area contributed by atoms with E-state index < -0.39 is 0 Å². The van der Waals surface area contributed by atoms with Crippen molar-refractivity contribution in [1.29, 1.82) is 0 Å². The number of Topliss-reactive ketones (excluding diaryl/α,β-unsaturated/α-hetero) is 2. The first kappa shape index (κ1) is 27.3. The second kappa shape index (κ2) is 12.6. The Bertz CT molecular complexity index is 1380. The van der Waals surface area contributed by atoms with E-state index in [9.17, 15) is 14.7 Å². The lowest BCUT2D eigenvalue weighted by atomic mass is 10.0. The van der Waals surface area contributed by atoms with Crippen molar-refractivity contribution in [3.05, 3.63) is 64.8 Å². The minimum absolute atomic E-state index is 0.00261. The molecule has 2 aromatic heterocycles. The number of unbranched alkanes of at least 4 members (excludes halogenated alkanes) is 2. The van der Waals surface area contributed by atoms with Crippen LogP contribution < -0.4 is 0 Å². The van der Waals surface area contributed by atoms with Gasteiger partial charge in [-0.2, -0.15) is 0 Å². The Hall–Kier alpha value is -3.78. The number of carbonyl (C=O) groups is 2. The number of hydrogen-bond acceptors (Lipinski definition) is 5. The normalized spacial score (nSPS) is 14.3. The molecule has 1 saturated heterocycles. The van der Waals surface area contributed by atoms with Gasteiger partial charge in [0.15, 0.2) is 11.5 Å². The van der Waals surface area contributed by atoms with Crippen LogP contribution in [0.15, 0.2) is 36.5 Å². The van der Waals surface area contributed by atoms with E-state index in [1.54, 1.807) is 18.3 Å². The van der Waals surface area contributed by atoms with Gasteiger partial charge in [-0.3, -0.25) is 19.5 Å². The van der Waals surface area contributed by atoms with E-state index in [-0.39, 0.29) is 24.2 Å². The van der Waals surface area contributed by atoms with Crippen LogP contribution in [0.3, 0.4) is 0 Å². The highest BCUT2D eigenvalue weighted by molar-refractivity contribution is 6.09. The van der Waals surface area contributed by atoms with E-state index in [4.69, 9.17) is 18.0 Å². The standard InChI is InChI=1S/C31H34N4O3/c1-4-5-6-7-8-26(36)14-9-23-19-28-31(33-20-23)30(29(38)21-34-17-15-27(37)16-18-34)22(2)35(28)25-12-10-24(32-3)11-13-25/h1,10-13,19-20,27,37H,5-9,14-18,21H2,2H3. The number of aromatic nitrogens is 2. The summed E-state index contributed by atoms with van der Waals surface area (Å²) in [6, 6.07) is 9.32. The fourth-order valence-electron chi connectivity index (χ4n) is 5.12. The van der Waals surface area contributed by atoms with Gasteiger partial charge in [0, 0.05) is 49.9 Å². The number of rotatable bonds is 11. The zero-order valence-corrected chi connectivity index (χ0v) is 21.9. The number of likely N-dealkylation sites (tertiary alicyclic amines) is 1. The quantitative estimate of drug-likeness (QED) is 0.166. The van der Waals surface area contributed by atoms with Crippen LogP contribution >= 0.6 is 0 Å². The van der Waals surface area contributed by atoms with E-state index in [0.717, 1.165) is 35.3 Å². The third-order valence-corrected chi connectivity index (χ3v) is 7.26. The Morgan fingerprint density at radius 1 is 1.18 bits per heavy atom. The fraction of sp³-hybridized carbons (Fsp3) is 0.419. The molecule has 3 heterocycles. The Morgan fingerprint density at radius 2 is 1.92 bits per heavy atom. The van der Waals surface area contributed by atoms with Gasteiger partial charge in [0.1, 0.15) is 5.78 Å². The molecule has 4 rings (SSSR count). The van der Waals surface area contributed by atoms with Crippen molar-refractivity contribution in [1.82, 2.24) is 14.5 Å². The summed E-state index contributed by atoms with van der Waals surface area (Å²) >= 11 is 0. The number of nitrogens with zero attached hydrogens (tertiary/aromatic N) is 4. The molecule has 0 saturated carbocycles. The Labute approximate surface area is 224 Å². The number of aryl methyl sites for hydroxylation is 1. The molecule has 196 valence electrons. The maximum Gasteiger partial charge on any atom is 0.187 e. The molecule has 1 aliphatic heterocycles. The first-order valence-corrected chi connectivity index (χ1v) is 13.3. The van der Waals surface area contributed by atoms with Crippen molar-refractivity contribution in [2.75, 3.05) is 19.6 Å². The second-order valence-electron chi connectivity index (χ2n) is 10.0. The van der Waals surface area contributed by atoms with Crippen LogP contribution in [0.25, 0.3) is 21.6 Å². The fourth-order valence-corrected chi connectivity index (χ4v) is 5.12. The van der Waals surface area contributed by atoms with Crippen LogP contribution in [-0.2, 0) is 11.2 Å². The molecule has 1 fully saturated rings. The summed E-state index contributed by atoms with van der Waals surface area (Å²) in [5.74, 6) is 2.82. The van der Waals surface area contributed by atoms with Crippen molar-refractivity contribution >= 4 is 28.3 Å². The Balaban J connectivity index is 1.63. The molecule has 38 heavy (non-hydrogen) atoms. The van der Waals surface area contributed by atoms with Crippen LogP contribution in [0.1, 0.15) is 66.6 Å². The second-order valence-corrected chi connectivity index (χ2v) is 10.0. The summed E-state index contributed by atoms with van der Waals surface area (Å²) in [4.78, 5) is 36.3. The van der Waals surface area contributed by atoms with E-state index in [1.165, 1.54) is 0 Å². The van der Waals surface area contributed by atoms with Gasteiger partial charge >= 0.3 is 0 Å². The van der Waals surface area contributed by atoms with Gasteiger partial charge in [-0.1, -0.05) is 12.1 Å². The largest absolute Gasteiger partial charge is 0.393 e. The molecular formula is C31H34N4O3. The molecule has 0 aliphatic carbocycles. The zero-order chi connectivity index (χ0) is 27.1. The minimum Gasteiger partial charge on any atom is -0.393 e. The number of benzene rings is 1. The van der Waals surface area contributed by atoms with E-state index >= 15 is 0 Å². The summed E-state index contributed by atoms with van der Waals surface area (Å²) in [5, 5.41) is 9.83. The van der Waals surface area contributed by atoms with Crippen molar-refractivity contribution in [3.63, 3.8) is 0 Å². The monoisotopic (exact) mass is 510 g/mol. The van der Waals surface area contributed by atoms with Gasteiger partial charge in [0.25, 0.3) is 0 Å². The molecule has 0 bridgehead atoms. The summed E-state index contributed by atoms with van der Waals surface area (Å²) < 4.78 is 2.02. The van der Waals surface area contributed by atoms with Crippen LogP contribution in [0.5, 0.6) is 0 Å². The first-order valence-electron chi connectivity index (χ1n) is 13.3. The summed E-state index contributed by atoms with van der Waals surface area (Å²) in [5.41, 5.74) is 5.19. The highest BCUT2D eigenvalue weighted by Crippen LogP contribution is 2.30. The van der Waals surface area contributed by atoms with Gasteiger partial charge in [0.2, 0.25) is 0 Å². The molecule has 1 N–H and O–H groups in total. The van der Waals surface area contributed by atoms with Gasteiger partial charge in [-0.15, -0.1) is 12.3 Å². The molecule has 7 heteroatoms. The molecule has 0 amide bonds. The van der Waals surface area contributed by atoms with E-state index in [1.807, 2.05) is 29.7 Å². The number of ketones is 2. The Morgan fingerprint density at radius 3 is 2.61 bits per heavy atom. The zero-order valence-electron chi connectivity index (χ0n) is 21.9. The number of piperidine rings is 1. The number of aliphatic hydroxyl groups excluding tert-OH is 1. The summed E-state index contributed by atoms with van der Waals surface area (Å²) in [6.45, 7) is 10.9. The average molecular weight is 511 g/mol. The van der Waals surface area contributed by atoms with Gasteiger partial charge in [-0.05, 0) is 62.8 Å². The lowest BCUT2D eigenvalue weighted by Gasteiger charge is -2.28.